The van der Waals surface area contributed by atoms with E-state index in [2.05, 4.69) is 14.9 Å². The Kier molecular flexibility index (Phi) is 3.99. The Hall–Kier alpha value is -1.29. The number of H-pyrrole nitrogens is 1. The van der Waals surface area contributed by atoms with Crippen LogP contribution >= 0.6 is 23.6 Å². The Morgan fingerprint density at radius 1 is 1.58 bits per heavy atom. The van der Waals surface area contributed by atoms with Gasteiger partial charge >= 0.3 is 0 Å². The van der Waals surface area contributed by atoms with Crippen molar-refractivity contribution >= 4 is 38.6 Å². The molecule has 1 atom stereocenters. The molecule has 102 valence electrons. The molecule has 2 rings (SSSR count). The summed E-state index contributed by atoms with van der Waals surface area (Å²) >= 11 is 5.86. The molecule has 0 spiro atoms. The third-order valence-electron chi connectivity index (χ3n) is 2.44. The van der Waals surface area contributed by atoms with Gasteiger partial charge in [-0.15, -0.1) is 11.3 Å². The molecule has 0 saturated heterocycles. The lowest BCUT2D eigenvalue weighted by Gasteiger charge is -2.11. The van der Waals surface area contributed by atoms with Gasteiger partial charge in [0.1, 0.15) is 9.20 Å². The van der Waals surface area contributed by atoms with Gasteiger partial charge in [0.05, 0.1) is 11.1 Å². The Bertz CT molecular complexity index is 675. The van der Waals surface area contributed by atoms with Gasteiger partial charge in [0.15, 0.2) is 0 Å². The Labute approximate surface area is 120 Å². The van der Waals surface area contributed by atoms with Gasteiger partial charge in [0, 0.05) is 17.8 Å². The molecular formula is C10H12N4O2S3. The van der Waals surface area contributed by atoms with Crippen LogP contribution in [0.3, 0.4) is 0 Å². The van der Waals surface area contributed by atoms with Crippen molar-refractivity contribution in [2.24, 2.45) is 5.73 Å². The number of hydrogen-bond donors (Lipinski definition) is 3. The number of nitrogens with two attached hydrogens (primary N) is 1. The van der Waals surface area contributed by atoms with E-state index >= 15 is 0 Å². The third kappa shape index (κ3) is 3.18. The van der Waals surface area contributed by atoms with Crippen molar-refractivity contribution in [1.29, 1.82) is 0 Å². The summed E-state index contributed by atoms with van der Waals surface area (Å²) in [5.74, 6) is 0. The first-order valence-electron chi connectivity index (χ1n) is 5.31. The minimum Gasteiger partial charge on any atom is -0.389 e. The molecule has 0 saturated carbocycles. The second kappa shape index (κ2) is 5.37. The summed E-state index contributed by atoms with van der Waals surface area (Å²) in [5, 5.41) is 6.42. The first kappa shape index (κ1) is 14.1. The summed E-state index contributed by atoms with van der Waals surface area (Å²) in [4.78, 5) is 0.765. The fourth-order valence-corrected chi connectivity index (χ4v) is 4.05. The zero-order valence-electron chi connectivity index (χ0n) is 9.95. The lowest BCUT2D eigenvalue weighted by atomic mass is 10.2. The molecule has 1 unspecified atom stereocenters. The highest BCUT2D eigenvalue weighted by molar-refractivity contribution is 7.91. The molecule has 9 heteroatoms. The molecule has 0 aliphatic rings. The van der Waals surface area contributed by atoms with Gasteiger partial charge in [-0.3, -0.25) is 5.10 Å². The fourth-order valence-electron chi connectivity index (χ4n) is 1.45. The monoisotopic (exact) mass is 316 g/mol. The van der Waals surface area contributed by atoms with E-state index in [9.17, 15) is 8.42 Å². The van der Waals surface area contributed by atoms with Crippen molar-refractivity contribution in [2.75, 3.05) is 0 Å². The minimum absolute atomic E-state index is 0.186. The SMILES string of the molecule is CC(NS(=O)(=O)c1ccc(C(N)=S)s1)c1cn[nH]c1. The van der Waals surface area contributed by atoms with Crippen LogP contribution in [0.4, 0.5) is 0 Å². The number of rotatable bonds is 5. The van der Waals surface area contributed by atoms with Crippen LogP contribution in [0.2, 0.25) is 0 Å². The second-order valence-electron chi connectivity index (χ2n) is 3.86. The van der Waals surface area contributed by atoms with Gasteiger partial charge in [-0.1, -0.05) is 12.2 Å². The maximum absolute atomic E-state index is 12.2. The summed E-state index contributed by atoms with van der Waals surface area (Å²) in [6, 6.07) is 2.72. The maximum Gasteiger partial charge on any atom is 0.250 e. The summed E-state index contributed by atoms with van der Waals surface area (Å²) in [6.45, 7) is 1.74. The summed E-state index contributed by atoms with van der Waals surface area (Å²) < 4.78 is 27.1. The van der Waals surface area contributed by atoms with Crippen LogP contribution < -0.4 is 10.5 Å². The molecule has 0 bridgehead atoms. The average molecular weight is 316 g/mol. The molecule has 0 fully saturated rings. The van der Waals surface area contributed by atoms with Crippen molar-refractivity contribution in [3.05, 3.63) is 35.0 Å². The molecule has 19 heavy (non-hydrogen) atoms. The number of thiocarbonyl (C=S) groups is 1. The molecule has 0 aliphatic heterocycles. The fraction of sp³-hybridized carbons (Fsp3) is 0.200. The second-order valence-corrected chi connectivity index (χ2v) is 7.32. The van der Waals surface area contributed by atoms with Crippen molar-refractivity contribution in [3.63, 3.8) is 0 Å². The zero-order valence-corrected chi connectivity index (χ0v) is 12.4. The number of aromatic amines is 1. The maximum atomic E-state index is 12.2. The van der Waals surface area contributed by atoms with Crippen LogP contribution in [0.1, 0.15) is 23.4 Å². The first-order chi connectivity index (χ1) is 8.90. The van der Waals surface area contributed by atoms with Crippen molar-refractivity contribution in [1.82, 2.24) is 14.9 Å². The largest absolute Gasteiger partial charge is 0.389 e. The predicted molar refractivity (Wildman–Crippen MR) is 77.5 cm³/mol. The van der Waals surface area contributed by atoms with E-state index in [1.807, 2.05) is 0 Å². The molecule has 2 aromatic rings. The minimum atomic E-state index is -3.59. The molecule has 2 heterocycles. The number of sulfonamides is 1. The molecule has 0 radical (unpaired) electrons. The van der Waals surface area contributed by atoms with Crippen LogP contribution in [0.25, 0.3) is 0 Å². The zero-order chi connectivity index (χ0) is 14.0. The van der Waals surface area contributed by atoms with E-state index in [1.165, 1.54) is 6.07 Å². The lowest BCUT2D eigenvalue weighted by Crippen LogP contribution is -2.26. The van der Waals surface area contributed by atoms with Gasteiger partial charge in [-0.2, -0.15) is 5.10 Å². The van der Waals surface area contributed by atoms with Crippen molar-refractivity contribution in [2.45, 2.75) is 17.2 Å². The van der Waals surface area contributed by atoms with E-state index in [4.69, 9.17) is 18.0 Å². The Morgan fingerprint density at radius 2 is 2.32 bits per heavy atom. The number of hydrogen-bond acceptors (Lipinski definition) is 5. The molecule has 2 aromatic heterocycles. The van der Waals surface area contributed by atoms with Gasteiger partial charge in [-0.25, -0.2) is 13.1 Å². The molecular weight excluding hydrogens is 304 g/mol. The average Bonchev–Trinajstić information content (AvgIpc) is 3.00. The summed E-state index contributed by atoms with van der Waals surface area (Å²) in [6.07, 6.45) is 3.21. The topological polar surface area (TPSA) is 101 Å². The normalized spacial score (nSPS) is 13.3. The van der Waals surface area contributed by atoms with Gasteiger partial charge in [0.2, 0.25) is 0 Å². The lowest BCUT2D eigenvalue weighted by molar-refractivity contribution is 0.569. The molecule has 0 aromatic carbocycles. The smallest absolute Gasteiger partial charge is 0.250 e. The number of aromatic nitrogens is 2. The van der Waals surface area contributed by atoms with E-state index in [1.54, 1.807) is 25.4 Å². The van der Waals surface area contributed by atoms with Crippen LogP contribution in [0, 0.1) is 0 Å². The Balaban J connectivity index is 2.20. The number of nitrogens with one attached hydrogen (secondary N) is 2. The van der Waals surface area contributed by atoms with Gasteiger partial charge in [0.25, 0.3) is 10.0 Å². The third-order valence-corrected chi connectivity index (χ3v) is 5.94. The van der Waals surface area contributed by atoms with Crippen LogP contribution in [-0.4, -0.2) is 23.6 Å². The van der Waals surface area contributed by atoms with Gasteiger partial charge < -0.3 is 5.73 Å². The number of nitrogens with zero attached hydrogens (tertiary/aromatic N) is 1. The molecule has 0 amide bonds. The van der Waals surface area contributed by atoms with E-state index in [-0.39, 0.29) is 15.2 Å². The van der Waals surface area contributed by atoms with E-state index < -0.39 is 10.0 Å². The standard InChI is InChI=1S/C10H12N4O2S3/c1-6(7-4-12-13-5-7)14-19(15,16)9-3-2-8(18-9)10(11)17/h2-6,14H,1H3,(H2,11,17)(H,12,13). The van der Waals surface area contributed by atoms with E-state index in [0.29, 0.717) is 4.88 Å². The van der Waals surface area contributed by atoms with Crippen LogP contribution in [0.15, 0.2) is 28.7 Å². The highest BCUT2D eigenvalue weighted by Gasteiger charge is 2.21. The summed E-state index contributed by atoms with van der Waals surface area (Å²) in [5.41, 5.74) is 6.22. The molecule has 4 N–H and O–H groups in total. The van der Waals surface area contributed by atoms with E-state index in [0.717, 1.165) is 16.9 Å². The molecule has 0 aliphatic carbocycles. The highest BCUT2D eigenvalue weighted by atomic mass is 32.2. The highest BCUT2D eigenvalue weighted by Crippen LogP contribution is 2.23. The summed E-state index contributed by atoms with van der Waals surface area (Å²) in [7, 11) is -3.59. The van der Waals surface area contributed by atoms with Gasteiger partial charge in [-0.05, 0) is 19.1 Å². The molecule has 6 nitrogen and oxygen atoms in total. The Morgan fingerprint density at radius 3 is 2.84 bits per heavy atom. The predicted octanol–water partition coefficient (Wildman–Crippen LogP) is 1.14. The van der Waals surface area contributed by atoms with Crippen LogP contribution in [0.5, 0.6) is 0 Å². The quantitative estimate of drug-likeness (QED) is 0.718. The van der Waals surface area contributed by atoms with Crippen molar-refractivity contribution < 1.29 is 8.42 Å². The first-order valence-corrected chi connectivity index (χ1v) is 8.01. The van der Waals surface area contributed by atoms with Crippen LogP contribution in [-0.2, 0) is 10.0 Å². The van der Waals surface area contributed by atoms with Crippen molar-refractivity contribution in [3.8, 4) is 0 Å². The number of thiophene rings is 1.